The molecule has 0 unspecified atom stereocenters. The van der Waals surface area contributed by atoms with Crippen molar-refractivity contribution in [2.45, 2.75) is 44.8 Å². The molecular weight excluding hydrogens is 246 g/mol. The zero-order valence-electron chi connectivity index (χ0n) is 11.2. The lowest BCUT2D eigenvalue weighted by Crippen LogP contribution is -2.27. The van der Waals surface area contributed by atoms with Gasteiger partial charge in [-0.3, -0.25) is 0 Å². The fourth-order valence-electron chi connectivity index (χ4n) is 2.26. The molecule has 1 aromatic rings. The minimum absolute atomic E-state index is 0.820. The lowest BCUT2D eigenvalue weighted by Gasteiger charge is -2.21. The summed E-state index contributed by atoms with van der Waals surface area (Å²) >= 11 is 1.87. The van der Waals surface area contributed by atoms with Gasteiger partial charge in [0.05, 0.1) is 5.75 Å². The molecule has 1 aromatic heterocycles. The predicted octanol–water partition coefficient (Wildman–Crippen LogP) is 2.65. The molecule has 2 rings (SSSR count). The lowest BCUT2D eigenvalue weighted by atomic mass is 9.93. The molecule has 1 aliphatic heterocycles. The van der Waals surface area contributed by atoms with Crippen molar-refractivity contribution in [3.05, 3.63) is 11.7 Å². The van der Waals surface area contributed by atoms with Crippen LogP contribution in [-0.4, -0.2) is 29.0 Å². The van der Waals surface area contributed by atoms with E-state index in [0.717, 1.165) is 42.9 Å². The SMILES string of the molecule is CCCSCc1noc(CCC2CCNCC2)n1. The third-order valence-corrected chi connectivity index (χ3v) is 4.47. The minimum atomic E-state index is 0.820. The van der Waals surface area contributed by atoms with Crippen LogP contribution in [0.4, 0.5) is 0 Å². The largest absolute Gasteiger partial charge is 0.339 e. The summed E-state index contributed by atoms with van der Waals surface area (Å²) in [6.45, 7) is 4.51. The summed E-state index contributed by atoms with van der Waals surface area (Å²) in [5.74, 6) is 4.55. The number of nitrogens with zero attached hydrogens (tertiary/aromatic N) is 2. The Kier molecular flexibility index (Phi) is 6.00. The van der Waals surface area contributed by atoms with Crippen molar-refractivity contribution in [3.63, 3.8) is 0 Å². The van der Waals surface area contributed by atoms with Gasteiger partial charge in [-0.1, -0.05) is 12.1 Å². The second-order valence-electron chi connectivity index (χ2n) is 4.89. The highest BCUT2D eigenvalue weighted by atomic mass is 32.2. The average Bonchev–Trinajstić information content (AvgIpc) is 2.86. The quantitative estimate of drug-likeness (QED) is 0.771. The van der Waals surface area contributed by atoms with Crippen molar-refractivity contribution >= 4 is 11.8 Å². The maximum atomic E-state index is 5.30. The number of aromatic nitrogens is 2. The van der Waals surface area contributed by atoms with Crippen molar-refractivity contribution < 1.29 is 4.52 Å². The molecular formula is C13H23N3OS. The number of rotatable bonds is 7. The molecule has 4 nitrogen and oxygen atoms in total. The van der Waals surface area contributed by atoms with E-state index in [9.17, 15) is 0 Å². The monoisotopic (exact) mass is 269 g/mol. The summed E-state index contributed by atoms with van der Waals surface area (Å²) in [5, 5.41) is 7.42. The fourth-order valence-corrected chi connectivity index (χ4v) is 2.99. The minimum Gasteiger partial charge on any atom is -0.339 e. The maximum absolute atomic E-state index is 5.30. The Morgan fingerprint density at radius 2 is 2.22 bits per heavy atom. The number of piperidine rings is 1. The van der Waals surface area contributed by atoms with Gasteiger partial charge in [0, 0.05) is 6.42 Å². The molecule has 1 N–H and O–H groups in total. The van der Waals surface area contributed by atoms with Crippen LogP contribution in [-0.2, 0) is 12.2 Å². The molecule has 1 saturated heterocycles. The van der Waals surface area contributed by atoms with Crippen molar-refractivity contribution in [2.24, 2.45) is 5.92 Å². The van der Waals surface area contributed by atoms with Gasteiger partial charge < -0.3 is 9.84 Å². The van der Waals surface area contributed by atoms with E-state index in [-0.39, 0.29) is 0 Å². The standard InChI is InChI=1S/C13H23N3OS/c1-2-9-18-10-12-15-13(17-16-12)4-3-11-5-7-14-8-6-11/h11,14H,2-10H2,1H3. The molecule has 0 atom stereocenters. The number of hydrogen-bond donors (Lipinski definition) is 1. The van der Waals surface area contributed by atoms with Crippen LogP contribution in [0.5, 0.6) is 0 Å². The molecule has 0 radical (unpaired) electrons. The van der Waals surface area contributed by atoms with Crippen LogP contribution in [0.15, 0.2) is 4.52 Å². The van der Waals surface area contributed by atoms with Crippen LogP contribution >= 0.6 is 11.8 Å². The highest BCUT2D eigenvalue weighted by molar-refractivity contribution is 7.98. The van der Waals surface area contributed by atoms with Crippen molar-refractivity contribution in [1.82, 2.24) is 15.5 Å². The summed E-state index contributed by atoms with van der Waals surface area (Å²) in [6, 6.07) is 0. The zero-order chi connectivity index (χ0) is 12.6. The average molecular weight is 269 g/mol. The lowest BCUT2D eigenvalue weighted by molar-refractivity contribution is 0.323. The molecule has 5 heteroatoms. The van der Waals surface area contributed by atoms with Crippen LogP contribution in [0, 0.1) is 5.92 Å². The maximum Gasteiger partial charge on any atom is 0.226 e. The Labute approximate surface area is 113 Å². The molecule has 0 amide bonds. The summed E-state index contributed by atoms with van der Waals surface area (Å²) in [7, 11) is 0. The molecule has 0 aromatic carbocycles. The van der Waals surface area contributed by atoms with E-state index in [1.807, 2.05) is 11.8 Å². The summed E-state index contributed by atoms with van der Waals surface area (Å²) in [6.07, 6.45) is 5.90. The molecule has 0 bridgehead atoms. The van der Waals surface area contributed by atoms with E-state index in [2.05, 4.69) is 22.4 Å². The molecule has 0 spiro atoms. The van der Waals surface area contributed by atoms with Gasteiger partial charge in [0.2, 0.25) is 5.89 Å². The van der Waals surface area contributed by atoms with Crippen molar-refractivity contribution in [3.8, 4) is 0 Å². The first kappa shape index (κ1) is 13.9. The zero-order valence-corrected chi connectivity index (χ0v) is 12.0. The molecule has 0 saturated carbocycles. The van der Waals surface area contributed by atoms with Gasteiger partial charge in [-0.05, 0) is 50.4 Å². The summed E-state index contributed by atoms with van der Waals surface area (Å²) in [5.41, 5.74) is 0. The summed E-state index contributed by atoms with van der Waals surface area (Å²) < 4.78 is 5.30. The van der Waals surface area contributed by atoms with Gasteiger partial charge in [-0.25, -0.2) is 0 Å². The van der Waals surface area contributed by atoms with Crippen molar-refractivity contribution in [1.29, 1.82) is 0 Å². The predicted molar refractivity (Wildman–Crippen MR) is 74.7 cm³/mol. The van der Waals surface area contributed by atoms with Crippen molar-refractivity contribution in [2.75, 3.05) is 18.8 Å². The van der Waals surface area contributed by atoms with E-state index < -0.39 is 0 Å². The Bertz CT molecular complexity index is 337. The van der Waals surface area contributed by atoms with Gasteiger partial charge in [0.1, 0.15) is 0 Å². The Hall–Kier alpha value is -0.550. The summed E-state index contributed by atoms with van der Waals surface area (Å²) in [4.78, 5) is 4.45. The number of nitrogens with one attached hydrogen (secondary N) is 1. The third kappa shape index (κ3) is 4.61. The number of aryl methyl sites for hydroxylation is 1. The van der Waals surface area contributed by atoms with E-state index >= 15 is 0 Å². The fraction of sp³-hybridized carbons (Fsp3) is 0.846. The third-order valence-electron chi connectivity index (χ3n) is 3.31. The van der Waals surface area contributed by atoms with Crippen LogP contribution in [0.25, 0.3) is 0 Å². The smallest absolute Gasteiger partial charge is 0.226 e. The highest BCUT2D eigenvalue weighted by Gasteiger charge is 2.14. The van der Waals surface area contributed by atoms with Gasteiger partial charge in [0.25, 0.3) is 0 Å². The van der Waals surface area contributed by atoms with E-state index in [0.29, 0.717) is 0 Å². The molecule has 18 heavy (non-hydrogen) atoms. The van der Waals surface area contributed by atoms with E-state index in [1.54, 1.807) is 0 Å². The molecule has 102 valence electrons. The first-order valence-corrected chi connectivity index (χ1v) is 8.14. The Morgan fingerprint density at radius 1 is 1.39 bits per heavy atom. The Morgan fingerprint density at radius 3 is 3.00 bits per heavy atom. The molecule has 1 aliphatic rings. The first-order valence-electron chi connectivity index (χ1n) is 6.98. The number of thioether (sulfide) groups is 1. The molecule has 1 fully saturated rings. The Balaban J connectivity index is 1.69. The van der Waals surface area contributed by atoms with E-state index in [4.69, 9.17) is 4.52 Å². The normalized spacial score (nSPS) is 17.2. The second-order valence-corrected chi connectivity index (χ2v) is 5.99. The van der Waals surface area contributed by atoms with Crippen LogP contribution in [0.2, 0.25) is 0 Å². The van der Waals surface area contributed by atoms with Crippen LogP contribution < -0.4 is 5.32 Å². The van der Waals surface area contributed by atoms with E-state index in [1.165, 1.54) is 31.4 Å². The highest BCUT2D eigenvalue weighted by Crippen LogP contribution is 2.18. The van der Waals surface area contributed by atoms with Crippen LogP contribution in [0.3, 0.4) is 0 Å². The topological polar surface area (TPSA) is 51.0 Å². The van der Waals surface area contributed by atoms with Gasteiger partial charge in [-0.15, -0.1) is 0 Å². The first-order chi connectivity index (χ1) is 8.88. The second kappa shape index (κ2) is 7.79. The van der Waals surface area contributed by atoms with Gasteiger partial charge >= 0.3 is 0 Å². The molecule has 2 heterocycles. The molecule has 0 aliphatic carbocycles. The van der Waals surface area contributed by atoms with Gasteiger partial charge in [-0.2, -0.15) is 16.7 Å². The van der Waals surface area contributed by atoms with Gasteiger partial charge in [0.15, 0.2) is 5.82 Å². The van der Waals surface area contributed by atoms with Crippen LogP contribution in [0.1, 0.15) is 44.3 Å². The number of hydrogen-bond acceptors (Lipinski definition) is 5.